The molecule has 0 bridgehead atoms. The van der Waals surface area contributed by atoms with Crippen molar-refractivity contribution in [1.82, 2.24) is 0 Å². The summed E-state index contributed by atoms with van der Waals surface area (Å²) in [6.45, 7) is 2.25. The molecule has 1 unspecified atom stereocenters. The van der Waals surface area contributed by atoms with Gasteiger partial charge in [0.1, 0.15) is 8.77 Å². The zero-order valence-corrected chi connectivity index (χ0v) is 13.5. The van der Waals surface area contributed by atoms with E-state index in [1.165, 1.54) is 64.2 Å². The van der Waals surface area contributed by atoms with Gasteiger partial charge in [0, 0.05) is 16.9 Å². The predicted molar refractivity (Wildman–Crippen MR) is 84.1 cm³/mol. The Morgan fingerprint density at radius 3 is 1.44 bits per heavy atom. The second kappa shape index (κ2) is 12.4. The van der Waals surface area contributed by atoms with E-state index in [9.17, 15) is 4.21 Å². The third kappa shape index (κ3) is 16.3. The van der Waals surface area contributed by atoms with E-state index < -0.39 is 8.77 Å². The average Bonchev–Trinajstić information content (AvgIpc) is 2.29. The van der Waals surface area contributed by atoms with Crippen molar-refractivity contribution < 1.29 is 8.76 Å². The molecule has 0 saturated heterocycles. The number of hydrogen-bond donors (Lipinski definition) is 1. The van der Waals surface area contributed by atoms with Crippen LogP contribution in [0.15, 0.2) is 0 Å². The third-order valence-electron chi connectivity index (χ3n) is 3.26. The van der Waals surface area contributed by atoms with E-state index in [2.05, 4.69) is 18.1 Å². The molecule has 0 aromatic rings. The Labute approximate surface area is 118 Å². The molecule has 0 aliphatic heterocycles. The van der Waals surface area contributed by atoms with E-state index in [1.807, 2.05) is 0 Å². The highest BCUT2D eigenvalue weighted by Gasteiger charge is 1.99. The minimum Gasteiger partial charge on any atom is -0.306 e. The van der Waals surface area contributed by atoms with E-state index in [0.717, 1.165) is 12.8 Å². The summed E-state index contributed by atoms with van der Waals surface area (Å²) >= 11 is 4.45. The van der Waals surface area contributed by atoms with E-state index in [0.29, 0.717) is 5.75 Å². The van der Waals surface area contributed by atoms with Crippen molar-refractivity contribution in [2.45, 2.75) is 84.0 Å². The monoisotopic (exact) mass is 294 g/mol. The normalized spacial score (nSPS) is 14.6. The van der Waals surface area contributed by atoms with Crippen molar-refractivity contribution in [3.8, 4) is 0 Å². The van der Waals surface area contributed by atoms with Crippen LogP contribution in [0.5, 0.6) is 0 Å². The van der Waals surface area contributed by atoms with Crippen molar-refractivity contribution in [2.24, 2.45) is 0 Å². The lowest BCUT2D eigenvalue weighted by Gasteiger charge is -2.02. The van der Waals surface area contributed by atoms with Crippen molar-refractivity contribution in [3.05, 3.63) is 0 Å². The highest BCUT2D eigenvalue weighted by Crippen LogP contribution is 2.12. The van der Waals surface area contributed by atoms with Crippen LogP contribution in [0.1, 0.15) is 84.0 Å². The van der Waals surface area contributed by atoms with Gasteiger partial charge in [-0.2, -0.15) is 0 Å². The first kappa shape index (κ1) is 18.3. The Morgan fingerprint density at radius 2 is 1.11 bits per heavy atom. The number of rotatable bonds is 13. The Hall–Kier alpha value is 0.330. The average molecular weight is 295 g/mol. The maximum Gasteiger partial charge on any atom is 0.141 e. The minimum absolute atomic E-state index is 0.291. The molecular weight excluding hydrogens is 264 g/mol. The van der Waals surface area contributed by atoms with E-state index in [4.69, 9.17) is 4.55 Å². The molecule has 18 heavy (non-hydrogen) atoms. The Balaban J connectivity index is 3.03. The molecule has 0 aromatic heterocycles. The van der Waals surface area contributed by atoms with Crippen LogP contribution in [0.25, 0.3) is 0 Å². The van der Waals surface area contributed by atoms with Gasteiger partial charge in [0.15, 0.2) is 0 Å². The van der Waals surface area contributed by atoms with Gasteiger partial charge in [0.25, 0.3) is 0 Å². The largest absolute Gasteiger partial charge is 0.306 e. The van der Waals surface area contributed by atoms with Crippen LogP contribution in [0.4, 0.5) is 0 Å². The molecule has 0 fully saturated rings. The van der Waals surface area contributed by atoms with Crippen LogP contribution in [0.3, 0.4) is 0 Å². The fraction of sp³-hybridized carbons (Fsp3) is 1.00. The maximum absolute atomic E-state index is 10.8. The first-order valence-corrected chi connectivity index (χ1v) is 10.1. The van der Waals surface area contributed by atoms with Crippen LogP contribution in [-0.2, 0) is 20.0 Å². The van der Waals surface area contributed by atoms with Gasteiger partial charge in [-0.25, -0.2) is 4.21 Å². The third-order valence-corrected chi connectivity index (χ3v) is 4.56. The molecule has 0 aliphatic carbocycles. The summed E-state index contributed by atoms with van der Waals surface area (Å²) < 4.78 is 19.8. The molecule has 1 atom stereocenters. The van der Waals surface area contributed by atoms with Gasteiger partial charge in [0.2, 0.25) is 0 Å². The summed E-state index contributed by atoms with van der Waals surface area (Å²) in [4.78, 5) is 0. The van der Waals surface area contributed by atoms with Gasteiger partial charge >= 0.3 is 0 Å². The van der Waals surface area contributed by atoms with Gasteiger partial charge in [-0.3, -0.25) is 0 Å². The fourth-order valence-corrected chi connectivity index (χ4v) is 3.05. The highest BCUT2D eigenvalue weighted by atomic mass is 32.8. The van der Waals surface area contributed by atoms with Crippen molar-refractivity contribution >= 4 is 20.0 Å². The molecule has 110 valence electrons. The lowest BCUT2D eigenvalue weighted by Crippen LogP contribution is -2.01. The van der Waals surface area contributed by atoms with Crippen LogP contribution in [0, 0.1) is 0 Å². The van der Waals surface area contributed by atoms with E-state index >= 15 is 0 Å². The summed E-state index contributed by atoms with van der Waals surface area (Å²) in [6.07, 6.45) is 15.2. The Kier molecular flexibility index (Phi) is 12.6. The second-order valence-corrected chi connectivity index (χ2v) is 8.31. The van der Waals surface area contributed by atoms with Crippen molar-refractivity contribution in [1.29, 1.82) is 0 Å². The van der Waals surface area contributed by atoms with Gasteiger partial charge in [0.05, 0.1) is 0 Å². The van der Waals surface area contributed by atoms with Crippen LogP contribution in [0.2, 0.25) is 0 Å². The summed E-state index contributed by atoms with van der Waals surface area (Å²) in [5, 5.41) is 0. The number of unbranched alkanes of at least 4 members (excludes halogenated alkanes) is 11. The van der Waals surface area contributed by atoms with Crippen molar-refractivity contribution in [3.63, 3.8) is 0 Å². The summed E-state index contributed by atoms with van der Waals surface area (Å²) in [6, 6.07) is 0. The Bertz CT molecular complexity index is 261. The summed E-state index contributed by atoms with van der Waals surface area (Å²) in [5.74, 6) is 0.291. The molecule has 1 N–H and O–H groups in total. The minimum atomic E-state index is -2.90. The smallest absolute Gasteiger partial charge is 0.141 e. The molecule has 0 spiro atoms. The van der Waals surface area contributed by atoms with Gasteiger partial charge < -0.3 is 4.55 Å². The lowest BCUT2D eigenvalue weighted by molar-refractivity contribution is 0.540. The molecule has 0 amide bonds. The first-order valence-electron chi connectivity index (χ1n) is 7.51. The Morgan fingerprint density at radius 1 is 0.778 bits per heavy atom. The SMILES string of the molecule is CCCCCCCCCCCCCCS(=O)(O)=S. The standard InChI is InChI=1S/C14H30O2S2/c1-2-3-4-5-6-7-8-9-10-11-12-13-14-18(15,16)17/h2-14H2,1H3,(H,15,16,17). The molecule has 0 aliphatic rings. The van der Waals surface area contributed by atoms with Crippen LogP contribution in [-0.4, -0.2) is 14.5 Å². The van der Waals surface area contributed by atoms with Crippen LogP contribution >= 0.6 is 0 Å². The molecule has 4 heteroatoms. The predicted octanol–water partition coefficient (Wildman–Crippen LogP) is 4.91. The summed E-state index contributed by atoms with van der Waals surface area (Å²) in [5.41, 5.74) is 0. The fourth-order valence-electron chi connectivity index (χ4n) is 2.13. The molecule has 0 saturated carbocycles. The maximum atomic E-state index is 10.8. The van der Waals surface area contributed by atoms with Gasteiger partial charge in [-0.05, 0) is 6.42 Å². The quantitative estimate of drug-likeness (QED) is 0.491. The molecule has 0 radical (unpaired) electrons. The zero-order valence-electron chi connectivity index (χ0n) is 11.9. The first-order chi connectivity index (χ1) is 8.56. The number of hydrogen-bond acceptors (Lipinski definition) is 2. The van der Waals surface area contributed by atoms with Gasteiger partial charge in [-0.1, -0.05) is 77.6 Å². The molecule has 0 heterocycles. The molecule has 0 aromatic carbocycles. The molecule has 2 nitrogen and oxygen atoms in total. The van der Waals surface area contributed by atoms with Gasteiger partial charge in [-0.15, -0.1) is 0 Å². The highest BCUT2D eigenvalue weighted by molar-refractivity contribution is 8.29. The van der Waals surface area contributed by atoms with E-state index in [-0.39, 0.29) is 0 Å². The van der Waals surface area contributed by atoms with E-state index in [1.54, 1.807) is 0 Å². The van der Waals surface area contributed by atoms with Crippen LogP contribution < -0.4 is 0 Å². The second-order valence-electron chi connectivity index (χ2n) is 5.18. The summed E-state index contributed by atoms with van der Waals surface area (Å²) in [7, 11) is -2.90. The zero-order chi connectivity index (χ0) is 13.7. The molecular formula is C14H30O2S2. The lowest BCUT2D eigenvalue weighted by atomic mass is 10.1. The molecule has 0 rings (SSSR count). The topological polar surface area (TPSA) is 37.3 Å². The van der Waals surface area contributed by atoms with Crippen molar-refractivity contribution in [2.75, 3.05) is 5.75 Å².